The Labute approximate surface area is 76.3 Å². The first-order valence-corrected chi connectivity index (χ1v) is 3.67. The van der Waals surface area contributed by atoms with E-state index in [1.807, 2.05) is 0 Å². The van der Waals surface area contributed by atoms with Gasteiger partial charge in [-0.2, -0.15) is 0 Å². The Balaban J connectivity index is 4.77. The molecular formula is C7H14N2O4. The normalized spacial score (nSPS) is 11.5. The van der Waals surface area contributed by atoms with Crippen LogP contribution in [0.2, 0.25) is 0 Å². The molecule has 0 radical (unpaired) electrons. The van der Waals surface area contributed by atoms with Gasteiger partial charge in [-0.05, 0) is 20.8 Å². The molecule has 13 heavy (non-hydrogen) atoms. The van der Waals surface area contributed by atoms with Crippen LogP contribution in [-0.4, -0.2) is 45.0 Å². The van der Waals surface area contributed by atoms with Crippen LogP contribution in [0.3, 0.4) is 0 Å². The highest BCUT2D eigenvalue weighted by Crippen LogP contribution is 2.13. The highest BCUT2D eigenvalue weighted by molar-refractivity contribution is 5.84. The maximum atomic E-state index is 10.5. The Bertz CT molecular complexity index is 207. The number of hydrazine groups is 1. The summed E-state index contributed by atoms with van der Waals surface area (Å²) in [5.74, 6) is 0. The molecule has 76 valence electrons. The molecule has 0 atom stereocenters. The van der Waals surface area contributed by atoms with E-state index in [9.17, 15) is 9.59 Å². The lowest BCUT2D eigenvalue weighted by atomic mass is 10.1. The lowest BCUT2D eigenvalue weighted by Crippen LogP contribution is -2.54. The number of carboxylic acid groups (broad SMARTS) is 2. The first-order chi connectivity index (χ1) is 5.68. The van der Waals surface area contributed by atoms with Gasteiger partial charge >= 0.3 is 12.2 Å². The van der Waals surface area contributed by atoms with Crippen molar-refractivity contribution < 1.29 is 19.8 Å². The van der Waals surface area contributed by atoms with E-state index in [0.29, 0.717) is 0 Å². The van der Waals surface area contributed by atoms with Gasteiger partial charge in [0, 0.05) is 12.6 Å². The van der Waals surface area contributed by atoms with Crippen molar-refractivity contribution >= 4 is 12.2 Å². The van der Waals surface area contributed by atoms with Crippen molar-refractivity contribution in [1.82, 2.24) is 10.0 Å². The summed E-state index contributed by atoms with van der Waals surface area (Å²) in [7, 11) is 1.40. The van der Waals surface area contributed by atoms with E-state index >= 15 is 0 Å². The summed E-state index contributed by atoms with van der Waals surface area (Å²) in [6, 6.07) is 0. The van der Waals surface area contributed by atoms with Crippen molar-refractivity contribution in [2.24, 2.45) is 0 Å². The van der Waals surface area contributed by atoms with Gasteiger partial charge in [-0.1, -0.05) is 0 Å². The SMILES string of the molecule is CN(N(C(=O)O)C(=O)O)C(C)(C)C. The first-order valence-electron chi connectivity index (χ1n) is 3.67. The fraction of sp³-hybridized carbons (Fsp3) is 0.714. The van der Waals surface area contributed by atoms with Crippen molar-refractivity contribution in [3.8, 4) is 0 Å². The van der Waals surface area contributed by atoms with Crippen LogP contribution < -0.4 is 0 Å². The summed E-state index contributed by atoms with van der Waals surface area (Å²) < 4.78 is 0. The molecule has 0 saturated heterocycles. The number of hydrogen-bond acceptors (Lipinski definition) is 3. The highest BCUT2D eigenvalue weighted by Gasteiger charge is 2.31. The van der Waals surface area contributed by atoms with Crippen LogP contribution in [0.5, 0.6) is 0 Å². The molecule has 0 aliphatic carbocycles. The number of hydrogen-bond donors (Lipinski definition) is 2. The number of nitrogens with zero attached hydrogens (tertiary/aromatic N) is 2. The molecule has 0 spiro atoms. The first kappa shape index (κ1) is 11.7. The van der Waals surface area contributed by atoms with Crippen molar-refractivity contribution in [2.75, 3.05) is 7.05 Å². The smallest absolute Gasteiger partial charge is 0.432 e. The maximum Gasteiger partial charge on any atom is 0.432 e. The van der Waals surface area contributed by atoms with Gasteiger partial charge in [0.2, 0.25) is 0 Å². The molecule has 0 aliphatic heterocycles. The highest BCUT2D eigenvalue weighted by atomic mass is 16.4. The molecule has 0 aromatic heterocycles. The van der Waals surface area contributed by atoms with Gasteiger partial charge in [0.15, 0.2) is 0 Å². The third kappa shape index (κ3) is 2.90. The molecule has 0 fully saturated rings. The standard InChI is InChI=1S/C7H14N2O4/c1-7(2,3)8(4)9(5(10)11)6(12)13/h1-4H3,(H,10,11)(H,12,13). The third-order valence-electron chi connectivity index (χ3n) is 1.63. The van der Waals surface area contributed by atoms with Gasteiger partial charge in [-0.3, -0.25) is 0 Å². The summed E-state index contributed by atoms with van der Waals surface area (Å²) in [6.45, 7) is 5.14. The zero-order chi connectivity index (χ0) is 10.8. The molecule has 0 aromatic rings. The van der Waals surface area contributed by atoms with E-state index in [2.05, 4.69) is 0 Å². The van der Waals surface area contributed by atoms with Gasteiger partial charge < -0.3 is 10.2 Å². The van der Waals surface area contributed by atoms with Crippen molar-refractivity contribution in [3.63, 3.8) is 0 Å². The Kier molecular flexibility index (Phi) is 3.25. The number of imide groups is 1. The van der Waals surface area contributed by atoms with Crippen LogP contribution in [0.1, 0.15) is 20.8 Å². The average molecular weight is 190 g/mol. The van der Waals surface area contributed by atoms with Crippen LogP contribution in [0.25, 0.3) is 0 Å². The summed E-state index contributed by atoms with van der Waals surface area (Å²) in [6.07, 6.45) is -3.02. The van der Waals surface area contributed by atoms with Crippen LogP contribution in [0.15, 0.2) is 0 Å². The summed E-state index contributed by atoms with van der Waals surface area (Å²) in [4.78, 5) is 21.1. The molecule has 0 bridgehead atoms. The quantitative estimate of drug-likeness (QED) is 0.609. The second-order valence-corrected chi connectivity index (χ2v) is 3.57. The molecule has 0 unspecified atom stereocenters. The molecule has 0 rings (SSSR count). The minimum atomic E-state index is -1.51. The minimum Gasteiger partial charge on any atom is -0.464 e. The Morgan fingerprint density at radius 1 is 1.08 bits per heavy atom. The van der Waals surface area contributed by atoms with Gasteiger partial charge in [-0.25, -0.2) is 14.6 Å². The largest absolute Gasteiger partial charge is 0.464 e. The van der Waals surface area contributed by atoms with Gasteiger partial charge in [-0.15, -0.1) is 5.01 Å². The number of rotatable bonds is 1. The second kappa shape index (κ2) is 3.61. The van der Waals surface area contributed by atoms with Crippen molar-refractivity contribution in [1.29, 1.82) is 0 Å². The summed E-state index contributed by atoms with van der Waals surface area (Å²) >= 11 is 0. The zero-order valence-electron chi connectivity index (χ0n) is 8.11. The summed E-state index contributed by atoms with van der Waals surface area (Å²) in [5, 5.41) is 18.5. The van der Waals surface area contributed by atoms with Crippen LogP contribution in [-0.2, 0) is 0 Å². The van der Waals surface area contributed by atoms with Crippen LogP contribution in [0.4, 0.5) is 9.59 Å². The van der Waals surface area contributed by atoms with E-state index in [-0.39, 0.29) is 5.01 Å². The van der Waals surface area contributed by atoms with Gasteiger partial charge in [0.25, 0.3) is 0 Å². The van der Waals surface area contributed by atoms with Gasteiger partial charge in [0.05, 0.1) is 0 Å². The Morgan fingerprint density at radius 2 is 1.38 bits per heavy atom. The molecule has 0 heterocycles. The molecule has 0 aliphatic rings. The van der Waals surface area contributed by atoms with Gasteiger partial charge in [0.1, 0.15) is 0 Å². The lowest BCUT2D eigenvalue weighted by molar-refractivity contribution is -0.0332. The summed E-state index contributed by atoms with van der Waals surface area (Å²) in [5.41, 5.74) is -0.559. The van der Waals surface area contributed by atoms with E-state index in [4.69, 9.17) is 10.2 Å². The zero-order valence-corrected chi connectivity index (χ0v) is 8.11. The topological polar surface area (TPSA) is 81.1 Å². The van der Waals surface area contributed by atoms with Crippen molar-refractivity contribution in [2.45, 2.75) is 26.3 Å². The third-order valence-corrected chi connectivity index (χ3v) is 1.63. The molecular weight excluding hydrogens is 176 g/mol. The van der Waals surface area contributed by atoms with Crippen molar-refractivity contribution in [3.05, 3.63) is 0 Å². The fourth-order valence-corrected chi connectivity index (χ4v) is 0.638. The lowest BCUT2D eigenvalue weighted by Gasteiger charge is -2.35. The Morgan fingerprint density at radius 3 is 1.46 bits per heavy atom. The number of amides is 2. The predicted octanol–water partition coefficient (Wildman–Crippen LogP) is 1.29. The monoisotopic (exact) mass is 190 g/mol. The van der Waals surface area contributed by atoms with E-state index in [1.54, 1.807) is 20.8 Å². The molecule has 6 nitrogen and oxygen atoms in total. The van der Waals surface area contributed by atoms with E-state index in [1.165, 1.54) is 7.05 Å². The molecule has 2 N–H and O–H groups in total. The molecule has 6 heteroatoms. The predicted molar refractivity (Wildman–Crippen MR) is 45.4 cm³/mol. The molecule has 0 aromatic carbocycles. The molecule has 0 saturated carbocycles. The second-order valence-electron chi connectivity index (χ2n) is 3.57. The minimum absolute atomic E-state index is 0.250. The van der Waals surface area contributed by atoms with Crippen LogP contribution in [0, 0.1) is 0 Å². The molecule has 2 amide bonds. The maximum absolute atomic E-state index is 10.5. The fourth-order valence-electron chi connectivity index (χ4n) is 0.638. The van der Waals surface area contributed by atoms with E-state index in [0.717, 1.165) is 5.01 Å². The van der Waals surface area contributed by atoms with Crippen LogP contribution >= 0.6 is 0 Å². The average Bonchev–Trinajstić information content (AvgIpc) is 1.82. The number of carbonyl (C=O) groups is 2. The van der Waals surface area contributed by atoms with E-state index < -0.39 is 17.7 Å². The Hall–Kier alpha value is -1.30.